The molecule has 4 nitrogen and oxygen atoms in total. The fraction of sp³-hybridized carbons (Fsp3) is 1.00. The van der Waals surface area contributed by atoms with E-state index in [0.29, 0.717) is 0 Å². The van der Waals surface area contributed by atoms with Crippen molar-refractivity contribution in [2.75, 3.05) is 59.7 Å². The van der Waals surface area contributed by atoms with Crippen molar-refractivity contribution in [3.8, 4) is 0 Å². The molecule has 0 bridgehead atoms. The highest BCUT2D eigenvalue weighted by Crippen LogP contribution is 2.14. The summed E-state index contributed by atoms with van der Waals surface area (Å²) in [6.07, 6.45) is 40.4. The van der Waals surface area contributed by atoms with Gasteiger partial charge in [-0.05, 0) is 19.4 Å². The van der Waals surface area contributed by atoms with Crippen LogP contribution >= 0.6 is 0 Å². The zero-order valence-electron chi connectivity index (χ0n) is 31.0. The van der Waals surface area contributed by atoms with Crippen LogP contribution in [0.3, 0.4) is 0 Å². The summed E-state index contributed by atoms with van der Waals surface area (Å²) < 4.78 is 13.2. The van der Waals surface area contributed by atoms with Crippen LogP contribution in [0.5, 0.6) is 0 Å². The van der Waals surface area contributed by atoms with Crippen LogP contribution in [-0.4, -0.2) is 64.1 Å². The van der Waals surface area contributed by atoms with Gasteiger partial charge in [0.2, 0.25) is 0 Å². The molecule has 0 aromatic rings. The topological polar surface area (TPSA) is 44.5 Å². The van der Waals surface area contributed by atoms with E-state index >= 15 is 0 Å². The summed E-state index contributed by atoms with van der Waals surface area (Å²) in [5, 5.41) is 0. The molecule has 0 fully saturated rings. The van der Waals surface area contributed by atoms with E-state index in [9.17, 15) is 0 Å². The first-order chi connectivity index (χ1) is 21.7. The molecule has 0 aliphatic heterocycles. The van der Waals surface area contributed by atoms with Crippen LogP contribution in [0.1, 0.15) is 200 Å². The van der Waals surface area contributed by atoms with E-state index in [2.05, 4.69) is 20.9 Å². The van der Waals surface area contributed by atoms with Crippen LogP contribution in [0, 0.1) is 0 Å². The number of hydrogen-bond acceptors (Lipinski definition) is 3. The summed E-state index contributed by atoms with van der Waals surface area (Å²) in [5.41, 5.74) is 5.85. The van der Waals surface area contributed by atoms with E-state index in [1.54, 1.807) is 0 Å². The Morgan fingerprint density at radius 1 is 0.341 bits per heavy atom. The maximum Gasteiger partial charge on any atom is 0.102 e. The molecule has 0 heterocycles. The lowest BCUT2D eigenvalue weighted by atomic mass is 10.0. The first-order valence-electron chi connectivity index (χ1n) is 20.4. The van der Waals surface area contributed by atoms with Gasteiger partial charge in [0.1, 0.15) is 13.1 Å². The maximum absolute atomic E-state index is 6.07. The minimum atomic E-state index is 0.771. The zero-order valence-corrected chi connectivity index (χ0v) is 31.0. The number of ether oxygens (including phenoxy) is 2. The number of nitrogens with zero attached hydrogens (tertiary/aromatic N) is 1. The lowest BCUT2D eigenvalue weighted by Crippen LogP contribution is -2.49. The van der Waals surface area contributed by atoms with Crippen LogP contribution in [-0.2, 0) is 9.47 Å². The van der Waals surface area contributed by atoms with Crippen molar-refractivity contribution < 1.29 is 14.0 Å². The molecule has 0 rings (SSSR count). The van der Waals surface area contributed by atoms with Crippen molar-refractivity contribution in [3.63, 3.8) is 0 Å². The average molecular weight is 626 g/mol. The van der Waals surface area contributed by atoms with Gasteiger partial charge in [-0.3, -0.25) is 0 Å². The quantitative estimate of drug-likeness (QED) is 0.0546. The second-order valence-electron chi connectivity index (χ2n) is 14.3. The third-order valence-electron chi connectivity index (χ3n) is 9.74. The Labute approximate surface area is 279 Å². The van der Waals surface area contributed by atoms with Crippen molar-refractivity contribution >= 4 is 0 Å². The first-order valence-corrected chi connectivity index (χ1v) is 20.4. The molecule has 0 aromatic carbocycles. The number of hydrogen-bond donors (Lipinski definition) is 1. The van der Waals surface area contributed by atoms with Gasteiger partial charge in [-0.2, -0.15) is 0 Å². The van der Waals surface area contributed by atoms with E-state index in [0.717, 1.165) is 63.5 Å². The Morgan fingerprint density at radius 2 is 0.614 bits per heavy atom. The highest BCUT2D eigenvalue weighted by atomic mass is 16.5. The Balaban J connectivity index is 3.56. The minimum absolute atomic E-state index is 0.771. The largest absolute Gasteiger partial charge is 0.376 e. The molecule has 0 spiro atoms. The normalized spacial score (nSPS) is 12.0. The SMILES string of the molecule is CCCCCCCCCCCCCCCCOCC[N+](C)(CCCN)CCOCCCCCCCCCCCCCCCC. The van der Waals surface area contributed by atoms with E-state index in [1.807, 2.05) is 0 Å². The molecule has 0 aromatic heterocycles. The van der Waals surface area contributed by atoms with Crippen molar-refractivity contribution in [1.82, 2.24) is 0 Å². The van der Waals surface area contributed by atoms with Crippen LogP contribution in [0.25, 0.3) is 0 Å². The fourth-order valence-corrected chi connectivity index (χ4v) is 6.38. The third kappa shape index (κ3) is 34.7. The molecular formula is C40H85N2O2+. The lowest BCUT2D eigenvalue weighted by Gasteiger charge is -2.34. The monoisotopic (exact) mass is 626 g/mol. The minimum Gasteiger partial charge on any atom is -0.376 e. The third-order valence-corrected chi connectivity index (χ3v) is 9.74. The van der Waals surface area contributed by atoms with Crippen LogP contribution in [0.2, 0.25) is 0 Å². The van der Waals surface area contributed by atoms with Crippen molar-refractivity contribution in [3.05, 3.63) is 0 Å². The predicted molar refractivity (Wildman–Crippen MR) is 197 cm³/mol. The number of rotatable bonds is 39. The van der Waals surface area contributed by atoms with Crippen molar-refractivity contribution in [1.29, 1.82) is 0 Å². The molecule has 0 unspecified atom stereocenters. The van der Waals surface area contributed by atoms with Gasteiger partial charge in [-0.25, -0.2) is 0 Å². The van der Waals surface area contributed by atoms with Gasteiger partial charge in [0.15, 0.2) is 0 Å². The molecule has 0 saturated carbocycles. The second-order valence-corrected chi connectivity index (χ2v) is 14.3. The molecule has 266 valence electrons. The Morgan fingerprint density at radius 3 is 0.886 bits per heavy atom. The van der Waals surface area contributed by atoms with Gasteiger partial charge in [0, 0.05) is 19.6 Å². The fourth-order valence-electron chi connectivity index (χ4n) is 6.38. The molecular weight excluding hydrogens is 540 g/mol. The van der Waals surface area contributed by atoms with Gasteiger partial charge in [-0.15, -0.1) is 0 Å². The summed E-state index contributed by atoms with van der Waals surface area (Å²) in [6.45, 7) is 12.2. The predicted octanol–water partition coefficient (Wildman–Crippen LogP) is 11.8. The summed E-state index contributed by atoms with van der Waals surface area (Å²) >= 11 is 0. The summed E-state index contributed by atoms with van der Waals surface area (Å²) in [5.74, 6) is 0. The number of nitrogens with two attached hydrogens (primary N) is 1. The van der Waals surface area contributed by atoms with Crippen molar-refractivity contribution in [2.24, 2.45) is 5.73 Å². The van der Waals surface area contributed by atoms with Gasteiger partial charge in [0.25, 0.3) is 0 Å². The number of unbranched alkanes of at least 4 members (excludes halogenated alkanes) is 26. The van der Waals surface area contributed by atoms with E-state index in [1.165, 1.54) is 180 Å². The maximum atomic E-state index is 6.07. The summed E-state index contributed by atoms with van der Waals surface area (Å²) in [6, 6.07) is 0. The molecule has 0 aliphatic rings. The van der Waals surface area contributed by atoms with Crippen LogP contribution in [0.15, 0.2) is 0 Å². The Hall–Kier alpha value is -0.160. The lowest BCUT2D eigenvalue weighted by molar-refractivity contribution is -0.910. The molecule has 0 radical (unpaired) electrons. The molecule has 0 atom stereocenters. The average Bonchev–Trinajstić information content (AvgIpc) is 3.03. The summed E-state index contributed by atoms with van der Waals surface area (Å²) in [4.78, 5) is 0. The molecule has 44 heavy (non-hydrogen) atoms. The molecule has 2 N–H and O–H groups in total. The Bertz CT molecular complexity index is 478. The van der Waals surface area contributed by atoms with Crippen LogP contribution < -0.4 is 5.73 Å². The van der Waals surface area contributed by atoms with Gasteiger partial charge < -0.3 is 19.7 Å². The molecule has 0 aliphatic carbocycles. The van der Waals surface area contributed by atoms with E-state index in [4.69, 9.17) is 15.2 Å². The van der Waals surface area contributed by atoms with Gasteiger partial charge in [0.05, 0.1) is 26.8 Å². The van der Waals surface area contributed by atoms with E-state index in [-0.39, 0.29) is 0 Å². The highest BCUT2D eigenvalue weighted by Gasteiger charge is 2.20. The van der Waals surface area contributed by atoms with Gasteiger partial charge >= 0.3 is 0 Å². The second kappa shape index (κ2) is 37.3. The van der Waals surface area contributed by atoms with Gasteiger partial charge in [-0.1, -0.05) is 181 Å². The summed E-state index contributed by atoms with van der Waals surface area (Å²) in [7, 11) is 2.36. The Kier molecular flexibility index (Phi) is 37.2. The smallest absolute Gasteiger partial charge is 0.102 e. The standard InChI is InChI=1S/C40H85N2O2/c1-4-6-8-10-12-14-16-18-20-22-24-26-28-30-37-43-39-35-42(3,34-32-33-41)36-40-44-38-31-29-27-25-23-21-19-17-15-13-11-9-7-5-2/h4-41H2,1-3H3/q+1. The van der Waals surface area contributed by atoms with E-state index < -0.39 is 0 Å². The van der Waals surface area contributed by atoms with Crippen molar-refractivity contribution in [2.45, 2.75) is 200 Å². The highest BCUT2D eigenvalue weighted by molar-refractivity contribution is 4.51. The first kappa shape index (κ1) is 43.8. The molecule has 0 saturated heterocycles. The number of likely N-dealkylation sites (N-methyl/N-ethyl adjacent to an activating group) is 1. The number of quaternary nitrogens is 1. The molecule has 4 heteroatoms. The molecule has 0 amide bonds. The van der Waals surface area contributed by atoms with Crippen LogP contribution in [0.4, 0.5) is 0 Å². The zero-order chi connectivity index (χ0) is 32.1.